The largest absolute Gasteiger partial charge is 0.381 e. The molecule has 1 aromatic carbocycles. The SMILES string of the molecule is CCOCCSC(=O)c1cc(C)c(CC)c(F)c1. The average Bonchev–Trinajstić information content (AvgIpc) is 2.34. The summed E-state index contributed by atoms with van der Waals surface area (Å²) in [6, 6.07) is 3.10. The van der Waals surface area contributed by atoms with Crippen molar-refractivity contribution < 1.29 is 13.9 Å². The molecule has 0 spiro atoms. The minimum absolute atomic E-state index is 0.0978. The molecule has 0 unspecified atom stereocenters. The zero-order valence-electron chi connectivity index (χ0n) is 11.1. The van der Waals surface area contributed by atoms with Gasteiger partial charge in [0.15, 0.2) is 0 Å². The van der Waals surface area contributed by atoms with E-state index in [2.05, 4.69) is 0 Å². The van der Waals surface area contributed by atoms with Crippen LogP contribution in [-0.2, 0) is 11.2 Å². The molecule has 0 N–H and O–H groups in total. The van der Waals surface area contributed by atoms with Crippen molar-refractivity contribution in [3.8, 4) is 0 Å². The Morgan fingerprint density at radius 2 is 2.11 bits per heavy atom. The van der Waals surface area contributed by atoms with Gasteiger partial charge in [-0.05, 0) is 43.5 Å². The quantitative estimate of drug-likeness (QED) is 0.739. The van der Waals surface area contributed by atoms with E-state index in [1.165, 1.54) is 17.8 Å². The number of aryl methyl sites for hydroxylation is 1. The lowest BCUT2D eigenvalue weighted by molar-refractivity contribution is 0.108. The van der Waals surface area contributed by atoms with Crippen molar-refractivity contribution in [1.29, 1.82) is 0 Å². The van der Waals surface area contributed by atoms with Crippen molar-refractivity contribution in [3.05, 3.63) is 34.6 Å². The number of halogens is 1. The van der Waals surface area contributed by atoms with E-state index in [-0.39, 0.29) is 10.9 Å². The summed E-state index contributed by atoms with van der Waals surface area (Å²) in [5, 5.41) is -0.0978. The van der Waals surface area contributed by atoms with Crippen LogP contribution in [0.2, 0.25) is 0 Å². The zero-order valence-corrected chi connectivity index (χ0v) is 11.9. The van der Waals surface area contributed by atoms with Crippen LogP contribution in [0.5, 0.6) is 0 Å². The smallest absolute Gasteiger partial charge is 0.219 e. The van der Waals surface area contributed by atoms with Crippen molar-refractivity contribution >= 4 is 16.9 Å². The standard InChI is InChI=1S/C14H19FO2S/c1-4-12-10(3)8-11(9-13(12)15)14(16)18-7-6-17-5-2/h8-9H,4-7H2,1-3H3. The van der Waals surface area contributed by atoms with Crippen LogP contribution >= 0.6 is 11.8 Å². The second-order valence-electron chi connectivity index (χ2n) is 3.94. The summed E-state index contributed by atoms with van der Waals surface area (Å²) in [5.74, 6) is 0.314. The maximum absolute atomic E-state index is 13.7. The van der Waals surface area contributed by atoms with Gasteiger partial charge in [-0.15, -0.1) is 0 Å². The molecule has 18 heavy (non-hydrogen) atoms. The lowest BCUT2D eigenvalue weighted by Crippen LogP contribution is -2.03. The Hall–Kier alpha value is -0.870. The van der Waals surface area contributed by atoms with Crippen molar-refractivity contribution in [2.24, 2.45) is 0 Å². The van der Waals surface area contributed by atoms with Gasteiger partial charge < -0.3 is 4.74 Å². The highest BCUT2D eigenvalue weighted by atomic mass is 32.2. The maximum Gasteiger partial charge on any atom is 0.219 e. The van der Waals surface area contributed by atoms with Gasteiger partial charge in [0, 0.05) is 17.9 Å². The molecule has 0 bridgehead atoms. The predicted molar refractivity (Wildman–Crippen MR) is 73.8 cm³/mol. The van der Waals surface area contributed by atoms with E-state index in [9.17, 15) is 9.18 Å². The lowest BCUT2D eigenvalue weighted by atomic mass is 10.0. The Balaban J connectivity index is 2.69. The molecule has 1 aromatic rings. The number of hydrogen-bond donors (Lipinski definition) is 0. The highest BCUT2D eigenvalue weighted by Gasteiger charge is 2.12. The third-order valence-electron chi connectivity index (χ3n) is 2.67. The summed E-state index contributed by atoms with van der Waals surface area (Å²) in [6.45, 7) is 6.84. The average molecular weight is 270 g/mol. The van der Waals surface area contributed by atoms with Crippen LogP contribution in [-0.4, -0.2) is 24.1 Å². The molecule has 2 nitrogen and oxygen atoms in total. The fourth-order valence-corrected chi connectivity index (χ4v) is 2.43. The third kappa shape index (κ3) is 4.10. The minimum atomic E-state index is -0.286. The number of rotatable bonds is 6. The number of benzene rings is 1. The van der Waals surface area contributed by atoms with Crippen LogP contribution in [0.1, 0.15) is 35.3 Å². The van der Waals surface area contributed by atoms with Crippen LogP contribution in [0.3, 0.4) is 0 Å². The Labute approximate surface area is 112 Å². The molecule has 0 aromatic heterocycles. The van der Waals surface area contributed by atoms with Gasteiger partial charge >= 0.3 is 0 Å². The van der Waals surface area contributed by atoms with E-state index in [1.807, 2.05) is 20.8 Å². The summed E-state index contributed by atoms with van der Waals surface area (Å²) in [7, 11) is 0. The van der Waals surface area contributed by atoms with Crippen LogP contribution in [0.25, 0.3) is 0 Å². The second-order valence-corrected chi connectivity index (χ2v) is 5.01. The van der Waals surface area contributed by atoms with E-state index < -0.39 is 0 Å². The van der Waals surface area contributed by atoms with E-state index in [4.69, 9.17) is 4.74 Å². The minimum Gasteiger partial charge on any atom is -0.381 e. The topological polar surface area (TPSA) is 26.3 Å². The first-order valence-electron chi connectivity index (χ1n) is 6.14. The number of thioether (sulfide) groups is 1. The second kappa shape index (κ2) is 7.54. The van der Waals surface area contributed by atoms with E-state index in [1.54, 1.807) is 6.07 Å². The molecule has 4 heteroatoms. The molecule has 0 radical (unpaired) electrons. The normalized spacial score (nSPS) is 10.7. The monoisotopic (exact) mass is 270 g/mol. The zero-order chi connectivity index (χ0) is 13.5. The highest BCUT2D eigenvalue weighted by molar-refractivity contribution is 8.14. The van der Waals surface area contributed by atoms with E-state index >= 15 is 0 Å². The summed E-state index contributed by atoms with van der Waals surface area (Å²) >= 11 is 1.17. The maximum atomic E-state index is 13.7. The van der Waals surface area contributed by atoms with Gasteiger partial charge in [-0.1, -0.05) is 18.7 Å². The van der Waals surface area contributed by atoms with E-state index in [0.717, 1.165) is 5.56 Å². The summed E-state index contributed by atoms with van der Waals surface area (Å²) in [5.41, 5.74) is 1.96. The van der Waals surface area contributed by atoms with E-state index in [0.29, 0.717) is 36.5 Å². The van der Waals surface area contributed by atoms with Gasteiger partial charge in [0.25, 0.3) is 0 Å². The molecule has 0 saturated carbocycles. The van der Waals surface area contributed by atoms with Crippen molar-refractivity contribution in [3.63, 3.8) is 0 Å². The first-order chi connectivity index (χ1) is 8.60. The predicted octanol–water partition coefficient (Wildman–Crippen LogP) is 3.61. The van der Waals surface area contributed by atoms with Gasteiger partial charge in [-0.3, -0.25) is 4.79 Å². The fourth-order valence-electron chi connectivity index (χ4n) is 1.76. The van der Waals surface area contributed by atoms with Gasteiger partial charge in [0.2, 0.25) is 5.12 Å². The molecule has 0 aliphatic carbocycles. The van der Waals surface area contributed by atoms with Gasteiger partial charge in [0.05, 0.1) is 6.61 Å². The molecule has 0 aliphatic rings. The Kier molecular flexibility index (Phi) is 6.36. The summed E-state index contributed by atoms with van der Waals surface area (Å²) in [4.78, 5) is 11.9. The first-order valence-corrected chi connectivity index (χ1v) is 7.12. The van der Waals surface area contributed by atoms with Gasteiger partial charge in [0.1, 0.15) is 5.82 Å². The molecular weight excluding hydrogens is 251 g/mol. The van der Waals surface area contributed by atoms with Crippen LogP contribution in [0.4, 0.5) is 4.39 Å². The number of carbonyl (C=O) groups is 1. The molecule has 0 fully saturated rings. The summed E-state index contributed by atoms with van der Waals surface area (Å²) < 4.78 is 18.9. The van der Waals surface area contributed by atoms with Crippen molar-refractivity contribution in [2.45, 2.75) is 27.2 Å². The van der Waals surface area contributed by atoms with Crippen LogP contribution < -0.4 is 0 Å². The Bertz CT molecular complexity index is 395. The molecule has 0 atom stereocenters. The van der Waals surface area contributed by atoms with Gasteiger partial charge in [-0.2, -0.15) is 0 Å². The molecule has 100 valence electrons. The third-order valence-corrected chi connectivity index (χ3v) is 3.54. The Morgan fingerprint density at radius 1 is 1.39 bits per heavy atom. The number of carbonyl (C=O) groups excluding carboxylic acids is 1. The first kappa shape index (κ1) is 15.2. The molecular formula is C14H19FO2S. The fraction of sp³-hybridized carbons (Fsp3) is 0.500. The van der Waals surface area contributed by atoms with Crippen LogP contribution in [0, 0.1) is 12.7 Å². The Morgan fingerprint density at radius 3 is 2.67 bits per heavy atom. The molecule has 0 aliphatic heterocycles. The van der Waals surface area contributed by atoms with Crippen molar-refractivity contribution in [2.75, 3.05) is 19.0 Å². The molecule has 0 saturated heterocycles. The van der Waals surface area contributed by atoms with Crippen LogP contribution in [0.15, 0.2) is 12.1 Å². The molecule has 0 amide bonds. The molecule has 0 heterocycles. The number of hydrogen-bond acceptors (Lipinski definition) is 3. The van der Waals surface area contributed by atoms with Gasteiger partial charge in [-0.25, -0.2) is 4.39 Å². The highest BCUT2D eigenvalue weighted by Crippen LogP contribution is 2.20. The lowest BCUT2D eigenvalue weighted by Gasteiger charge is -2.08. The number of ether oxygens (including phenoxy) is 1. The summed E-state index contributed by atoms with van der Waals surface area (Å²) in [6.07, 6.45) is 0.642. The molecule has 1 rings (SSSR count). The van der Waals surface area contributed by atoms with Crippen molar-refractivity contribution in [1.82, 2.24) is 0 Å².